The number of nitrogens with one attached hydrogen (secondary N) is 1. The van der Waals surface area contributed by atoms with E-state index in [4.69, 9.17) is 0 Å². The average Bonchev–Trinajstić information content (AvgIpc) is 3.33. The van der Waals surface area contributed by atoms with Gasteiger partial charge >= 0.3 is 0 Å². The lowest BCUT2D eigenvalue weighted by Crippen LogP contribution is -2.60. The molecule has 2 heterocycles. The Morgan fingerprint density at radius 2 is 1.70 bits per heavy atom. The number of amides is 2. The van der Waals surface area contributed by atoms with Gasteiger partial charge in [0.2, 0.25) is 5.91 Å². The first-order valence-electron chi connectivity index (χ1n) is 11.8. The number of benzene rings is 2. The molecular weight excluding hydrogens is 410 g/mol. The summed E-state index contributed by atoms with van der Waals surface area (Å²) in [6, 6.07) is 23.6. The van der Waals surface area contributed by atoms with E-state index >= 15 is 0 Å². The van der Waals surface area contributed by atoms with Crippen molar-refractivity contribution in [3.05, 3.63) is 101 Å². The Morgan fingerprint density at radius 3 is 2.45 bits per heavy atom. The molecule has 5 heteroatoms. The van der Waals surface area contributed by atoms with E-state index in [2.05, 4.69) is 22.4 Å². The Labute approximate surface area is 194 Å². The summed E-state index contributed by atoms with van der Waals surface area (Å²) in [5, 5.41) is 3.18. The molecule has 1 N–H and O–H groups in total. The van der Waals surface area contributed by atoms with E-state index in [1.807, 2.05) is 65.6 Å². The van der Waals surface area contributed by atoms with Crippen LogP contribution >= 0.6 is 0 Å². The highest BCUT2D eigenvalue weighted by molar-refractivity contribution is 6.02. The molecule has 0 bridgehead atoms. The second-order valence-electron chi connectivity index (χ2n) is 9.07. The number of pyridine rings is 1. The van der Waals surface area contributed by atoms with Crippen molar-refractivity contribution in [2.24, 2.45) is 0 Å². The molecule has 33 heavy (non-hydrogen) atoms. The molecule has 0 radical (unpaired) electrons. The van der Waals surface area contributed by atoms with Gasteiger partial charge in [0.15, 0.2) is 0 Å². The molecule has 1 spiro atoms. The second-order valence-corrected chi connectivity index (χ2v) is 9.07. The molecule has 2 amide bonds. The second kappa shape index (κ2) is 9.18. The quantitative estimate of drug-likeness (QED) is 0.615. The van der Waals surface area contributed by atoms with E-state index in [1.54, 1.807) is 6.20 Å². The van der Waals surface area contributed by atoms with Crippen LogP contribution in [0.4, 0.5) is 0 Å². The summed E-state index contributed by atoms with van der Waals surface area (Å²) < 4.78 is 0. The molecule has 5 nitrogen and oxygen atoms in total. The molecular formula is C28H29N3O2. The predicted molar refractivity (Wildman–Crippen MR) is 128 cm³/mol. The van der Waals surface area contributed by atoms with E-state index in [0.717, 1.165) is 42.5 Å². The molecule has 1 aliphatic carbocycles. The van der Waals surface area contributed by atoms with Crippen LogP contribution in [0.3, 0.4) is 0 Å². The lowest BCUT2D eigenvalue weighted by Gasteiger charge is -2.50. The van der Waals surface area contributed by atoms with Gasteiger partial charge in [-0.3, -0.25) is 14.6 Å². The fraction of sp³-hybridized carbons (Fsp3) is 0.321. The topological polar surface area (TPSA) is 62.3 Å². The van der Waals surface area contributed by atoms with Crippen LogP contribution < -0.4 is 5.32 Å². The highest BCUT2D eigenvalue weighted by Gasteiger charge is 2.55. The van der Waals surface area contributed by atoms with Crippen molar-refractivity contribution in [2.45, 2.75) is 50.1 Å². The fourth-order valence-corrected chi connectivity index (χ4v) is 5.62. The van der Waals surface area contributed by atoms with Crippen LogP contribution in [0.15, 0.2) is 79.0 Å². The Balaban J connectivity index is 1.48. The zero-order chi connectivity index (χ0) is 22.7. The number of hydrogen-bond acceptors (Lipinski definition) is 3. The van der Waals surface area contributed by atoms with Crippen LogP contribution in [-0.4, -0.2) is 33.8 Å². The van der Waals surface area contributed by atoms with Crippen molar-refractivity contribution in [3.8, 4) is 0 Å². The van der Waals surface area contributed by atoms with Gasteiger partial charge < -0.3 is 10.2 Å². The summed E-state index contributed by atoms with van der Waals surface area (Å²) in [4.78, 5) is 33.8. The van der Waals surface area contributed by atoms with Crippen molar-refractivity contribution >= 4 is 11.8 Å². The molecule has 1 aliphatic heterocycles. The maximum absolute atomic E-state index is 13.7. The Hall–Kier alpha value is -3.47. The lowest BCUT2D eigenvalue weighted by atomic mass is 9.71. The molecule has 0 unspecified atom stereocenters. The maximum atomic E-state index is 13.7. The number of aromatic nitrogens is 1. The third-order valence-electron chi connectivity index (χ3n) is 7.14. The molecule has 3 aromatic rings. The van der Waals surface area contributed by atoms with Gasteiger partial charge in [-0.05, 0) is 42.2 Å². The van der Waals surface area contributed by atoms with Gasteiger partial charge in [0, 0.05) is 37.0 Å². The van der Waals surface area contributed by atoms with Crippen molar-refractivity contribution in [1.29, 1.82) is 0 Å². The average molecular weight is 440 g/mol. The summed E-state index contributed by atoms with van der Waals surface area (Å²) in [5.74, 6) is -0.332. The van der Waals surface area contributed by atoms with Gasteiger partial charge in [0.05, 0.1) is 11.5 Å². The highest BCUT2D eigenvalue weighted by atomic mass is 16.2. The van der Waals surface area contributed by atoms with E-state index < -0.39 is 5.54 Å². The molecule has 2 aromatic carbocycles. The third-order valence-corrected chi connectivity index (χ3v) is 7.14. The zero-order valence-corrected chi connectivity index (χ0v) is 18.7. The van der Waals surface area contributed by atoms with E-state index in [-0.39, 0.29) is 17.7 Å². The minimum Gasteiger partial charge on any atom is -0.355 e. The summed E-state index contributed by atoms with van der Waals surface area (Å²) in [6.45, 7) is 1.04. The molecule has 5 rings (SSSR count). The number of carbonyl (C=O) groups excluding carboxylic acids is 2. The molecule has 1 saturated carbocycles. The Bertz CT molecular complexity index is 1120. The molecule has 1 aromatic heterocycles. The van der Waals surface area contributed by atoms with Crippen LogP contribution in [0.1, 0.15) is 58.8 Å². The normalized spacial score (nSPS) is 18.8. The van der Waals surface area contributed by atoms with E-state index in [9.17, 15) is 9.59 Å². The highest BCUT2D eigenvalue weighted by Crippen LogP contribution is 2.50. The van der Waals surface area contributed by atoms with Crippen LogP contribution in [0.2, 0.25) is 0 Å². The summed E-state index contributed by atoms with van der Waals surface area (Å²) in [7, 11) is 0. The molecule has 1 fully saturated rings. The van der Waals surface area contributed by atoms with E-state index in [0.29, 0.717) is 25.1 Å². The smallest absolute Gasteiger partial charge is 0.254 e. The van der Waals surface area contributed by atoms with Crippen molar-refractivity contribution < 1.29 is 9.59 Å². The van der Waals surface area contributed by atoms with Crippen molar-refractivity contribution in [3.63, 3.8) is 0 Å². The summed E-state index contributed by atoms with van der Waals surface area (Å²) >= 11 is 0. The number of carbonyl (C=O) groups is 2. The predicted octanol–water partition coefficient (Wildman–Crippen LogP) is 4.49. The van der Waals surface area contributed by atoms with E-state index in [1.165, 1.54) is 0 Å². The van der Waals surface area contributed by atoms with Crippen LogP contribution in [0.25, 0.3) is 0 Å². The third kappa shape index (κ3) is 4.04. The lowest BCUT2D eigenvalue weighted by molar-refractivity contribution is -0.126. The SMILES string of the molecule is O=C(NCCc1ccccn1)[C@H]1c2ccccc2C(=O)N(Cc2ccccc2)C12CCCC2. The Morgan fingerprint density at radius 1 is 0.970 bits per heavy atom. The number of hydrogen-bond donors (Lipinski definition) is 1. The Kier molecular flexibility index (Phi) is 5.95. The van der Waals surface area contributed by atoms with Crippen molar-refractivity contribution in [2.75, 3.05) is 6.54 Å². The monoisotopic (exact) mass is 439 g/mol. The molecule has 2 aliphatic rings. The van der Waals surface area contributed by atoms with Gasteiger partial charge in [-0.15, -0.1) is 0 Å². The summed E-state index contributed by atoms with van der Waals surface area (Å²) in [5.41, 5.74) is 3.07. The van der Waals surface area contributed by atoms with Gasteiger partial charge in [-0.2, -0.15) is 0 Å². The molecule has 1 atom stereocenters. The fourth-order valence-electron chi connectivity index (χ4n) is 5.62. The van der Waals surface area contributed by atoms with Crippen LogP contribution in [0, 0.1) is 0 Å². The van der Waals surface area contributed by atoms with Gasteiger partial charge in [-0.25, -0.2) is 0 Å². The first-order valence-corrected chi connectivity index (χ1v) is 11.8. The van der Waals surface area contributed by atoms with Crippen molar-refractivity contribution in [1.82, 2.24) is 15.2 Å². The maximum Gasteiger partial charge on any atom is 0.254 e. The minimum absolute atomic E-state index is 0.00541. The first-order chi connectivity index (χ1) is 16.2. The zero-order valence-electron chi connectivity index (χ0n) is 18.7. The van der Waals surface area contributed by atoms with Gasteiger partial charge in [-0.1, -0.05) is 67.4 Å². The minimum atomic E-state index is -0.490. The van der Waals surface area contributed by atoms with Crippen LogP contribution in [-0.2, 0) is 17.8 Å². The van der Waals surface area contributed by atoms with Gasteiger partial charge in [0.25, 0.3) is 5.91 Å². The number of fused-ring (bicyclic) bond motifs is 1. The first kappa shape index (κ1) is 21.4. The number of rotatable bonds is 6. The molecule has 0 saturated heterocycles. The standard InChI is InChI=1S/C28H29N3O2/c32-26(30-19-15-22-12-6-9-18-29-22)25-23-13-4-5-14-24(23)27(33)31(28(25)16-7-8-17-28)20-21-10-2-1-3-11-21/h1-6,9-14,18,25H,7-8,15-17,19-20H2,(H,30,32)/t25-/m1/s1. The summed E-state index contributed by atoms with van der Waals surface area (Å²) in [6.07, 6.45) is 6.20. The number of nitrogens with zero attached hydrogens (tertiary/aromatic N) is 2. The molecule has 168 valence electrons. The van der Waals surface area contributed by atoms with Crippen LogP contribution in [0.5, 0.6) is 0 Å². The van der Waals surface area contributed by atoms with Gasteiger partial charge in [0.1, 0.15) is 0 Å². The largest absolute Gasteiger partial charge is 0.355 e.